The third-order valence-electron chi connectivity index (χ3n) is 5.21. The fourth-order valence-electron chi connectivity index (χ4n) is 3.59. The van der Waals surface area contributed by atoms with Gasteiger partial charge in [0.2, 0.25) is 11.8 Å². The Kier molecular flexibility index (Phi) is 5.10. The van der Waals surface area contributed by atoms with E-state index in [9.17, 15) is 4.79 Å². The van der Waals surface area contributed by atoms with Gasteiger partial charge in [-0.1, -0.05) is 0 Å². The van der Waals surface area contributed by atoms with Crippen LogP contribution in [0.1, 0.15) is 12.8 Å². The molecular formula is C20H23N5O3. The first-order valence-electron chi connectivity index (χ1n) is 9.33. The Balaban J connectivity index is 1.44. The first-order chi connectivity index (χ1) is 13.7. The van der Waals surface area contributed by atoms with Gasteiger partial charge in [-0.15, -0.1) is 0 Å². The molecule has 1 aromatic carbocycles. The van der Waals surface area contributed by atoms with Crippen LogP contribution in [0.3, 0.4) is 0 Å². The quantitative estimate of drug-likeness (QED) is 0.669. The lowest BCUT2D eigenvalue weighted by Crippen LogP contribution is -2.37. The molecule has 8 nitrogen and oxygen atoms in total. The highest BCUT2D eigenvalue weighted by molar-refractivity contribution is 5.78. The lowest BCUT2D eigenvalue weighted by molar-refractivity contribution is 0.348. The highest BCUT2D eigenvalue weighted by atomic mass is 16.5. The minimum absolute atomic E-state index is 0.00814. The van der Waals surface area contributed by atoms with Gasteiger partial charge in [0.1, 0.15) is 5.75 Å². The maximum Gasteiger partial charge on any atom is 0.261 e. The molecule has 1 saturated heterocycles. The Morgan fingerprint density at radius 3 is 2.68 bits per heavy atom. The normalized spacial score (nSPS) is 15.0. The van der Waals surface area contributed by atoms with E-state index in [4.69, 9.17) is 9.47 Å². The standard InChI is InChI=1S/C20H23N5O3/c1-27-15-3-4-16-17(11-15)22-13-25(19(16)26)12-14-6-9-24(10-7-14)20-21-8-5-18(23-20)28-2/h3-5,8,11,13-14H,6-7,9-10,12H2,1-2H3. The van der Waals surface area contributed by atoms with Gasteiger partial charge in [0.25, 0.3) is 5.56 Å². The second-order valence-electron chi connectivity index (χ2n) is 6.91. The van der Waals surface area contributed by atoms with Gasteiger partial charge in [0, 0.05) is 38.0 Å². The first kappa shape index (κ1) is 18.2. The lowest BCUT2D eigenvalue weighted by Gasteiger charge is -2.32. The summed E-state index contributed by atoms with van der Waals surface area (Å²) in [4.78, 5) is 28.1. The Labute approximate surface area is 162 Å². The number of benzene rings is 1. The van der Waals surface area contributed by atoms with Crippen LogP contribution in [0, 0.1) is 5.92 Å². The van der Waals surface area contributed by atoms with Gasteiger partial charge in [-0.05, 0) is 30.9 Å². The largest absolute Gasteiger partial charge is 0.497 e. The highest BCUT2D eigenvalue weighted by Gasteiger charge is 2.22. The molecule has 1 aliphatic heterocycles. The Hall–Kier alpha value is -3.16. The molecule has 3 heterocycles. The number of rotatable bonds is 5. The highest BCUT2D eigenvalue weighted by Crippen LogP contribution is 2.23. The predicted molar refractivity (Wildman–Crippen MR) is 106 cm³/mol. The molecule has 4 rings (SSSR count). The maximum atomic E-state index is 12.8. The number of methoxy groups -OCH3 is 2. The second-order valence-corrected chi connectivity index (χ2v) is 6.91. The summed E-state index contributed by atoms with van der Waals surface area (Å²) in [6.07, 6.45) is 5.28. The van der Waals surface area contributed by atoms with Gasteiger partial charge in [0.15, 0.2) is 0 Å². The van der Waals surface area contributed by atoms with Crippen molar-refractivity contribution in [2.24, 2.45) is 5.92 Å². The topological polar surface area (TPSA) is 82.4 Å². The monoisotopic (exact) mass is 381 g/mol. The SMILES string of the molecule is COc1ccc2c(=O)n(CC3CCN(c4nccc(OC)n4)CC3)cnc2c1. The summed E-state index contributed by atoms with van der Waals surface area (Å²) in [6.45, 7) is 2.37. The van der Waals surface area contributed by atoms with Crippen molar-refractivity contribution in [3.05, 3.63) is 47.1 Å². The maximum absolute atomic E-state index is 12.8. The molecule has 8 heteroatoms. The third-order valence-corrected chi connectivity index (χ3v) is 5.21. The zero-order valence-electron chi connectivity index (χ0n) is 16.0. The van der Waals surface area contributed by atoms with Crippen LogP contribution in [0.5, 0.6) is 11.6 Å². The van der Waals surface area contributed by atoms with E-state index in [1.807, 2.05) is 0 Å². The lowest BCUT2D eigenvalue weighted by atomic mass is 9.97. The molecule has 0 N–H and O–H groups in total. The fourth-order valence-corrected chi connectivity index (χ4v) is 3.59. The number of fused-ring (bicyclic) bond motifs is 1. The van der Waals surface area contributed by atoms with Crippen molar-refractivity contribution in [1.82, 2.24) is 19.5 Å². The van der Waals surface area contributed by atoms with Crippen LogP contribution in [0.15, 0.2) is 41.6 Å². The summed E-state index contributed by atoms with van der Waals surface area (Å²) in [5, 5.41) is 0.616. The van der Waals surface area contributed by atoms with Crippen LogP contribution in [0.4, 0.5) is 5.95 Å². The smallest absolute Gasteiger partial charge is 0.261 e. The molecule has 3 aromatic rings. The number of anilines is 1. The van der Waals surface area contributed by atoms with Crippen molar-refractivity contribution < 1.29 is 9.47 Å². The van der Waals surface area contributed by atoms with E-state index in [1.54, 1.807) is 55.6 Å². The second kappa shape index (κ2) is 7.84. The molecule has 28 heavy (non-hydrogen) atoms. The van der Waals surface area contributed by atoms with E-state index in [0.717, 1.165) is 25.9 Å². The van der Waals surface area contributed by atoms with Gasteiger partial charge < -0.3 is 14.4 Å². The fraction of sp³-hybridized carbons (Fsp3) is 0.400. The molecule has 1 fully saturated rings. The number of piperidine rings is 1. The summed E-state index contributed by atoms with van der Waals surface area (Å²) in [7, 11) is 3.20. The number of aromatic nitrogens is 4. The van der Waals surface area contributed by atoms with E-state index in [0.29, 0.717) is 40.9 Å². The molecule has 1 aliphatic rings. The molecule has 0 unspecified atom stereocenters. The van der Waals surface area contributed by atoms with Crippen LogP contribution in [0.25, 0.3) is 10.9 Å². The average molecular weight is 381 g/mol. The van der Waals surface area contributed by atoms with Gasteiger partial charge in [-0.25, -0.2) is 9.97 Å². The minimum atomic E-state index is -0.00814. The first-order valence-corrected chi connectivity index (χ1v) is 9.33. The molecule has 0 radical (unpaired) electrons. The number of hydrogen-bond acceptors (Lipinski definition) is 7. The van der Waals surface area contributed by atoms with E-state index >= 15 is 0 Å². The summed E-state index contributed by atoms with van der Waals surface area (Å²) >= 11 is 0. The van der Waals surface area contributed by atoms with Crippen LogP contribution in [-0.2, 0) is 6.54 Å². The summed E-state index contributed by atoms with van der Waals surface area (Å²) in [5.41, 5.74) is 0.650. The van der Waals surface area contributed by atoms with Crippen molar-refractivity contribution in [1.29, 1.82) is 0 Å². The zero-order valence-corrected chi connectivity index (χ0v) is 16.0. The van der Waals surface area contributed by atoms with E-state index in [2.05, 4.69) is 19.9 Å². The van der Waals surface area contributed by atoms with Crippen molar-refractivity contribution >= 4 is 16.9 Å². The molecule has 146 valence electrons. The molecule has 0 atom stereocenters. The molecule has 0 spiro atoms. The molecular weight excluding hydrogens is 358 g/mol. The Morgan fingerprint density at radius 2 is 1.93 bits per heavy atom. The van der Waals surface area contributed by atoms with Crippen LogP contribution in [0.2, 0.25) is 0 Å². The summed E-state index contributed by atoms with van der Waals surface area (Å²) < 4.78 is 12.1. The zero-order chi connectivity index (χ0) is 19.5. The number of nitrogens with zero attached hydrogens (tertiary/aromatic N) is 5. The van der Waals surface area contributed by atoms with Crippen LogP contribution in [-0.4, -0.2) is 46.8 Å². The predicted octanol–water partition coefficient (Wildman–Crippen LogP) is 2.12. The average Bonchev–Trinajstić information content (AvgIpc) is 2.76. The number of ether oxygens (including phenoxy) is 2. The van der Waals surface area contributed by atoms with Gasteiger partial charge in [-0.2, -0.15) is 4.98 Å². The van der Waals surface area contributed by atoms with Crippen LogP contribution >= 0.6 is 0 Å². The van der Waals surface area contributed by atoms with E-state index in [-0.39, 0.29) is 5.56 Å². The van der Waals surface area contributed by atoms with Crippen molar-refractivity contribution in [2.75, 3.05) is 32.2 Å². The van der Waals surface area contributed by atoms with E-state index in [1.165, 1.54) is 0 Å². The summed E-state index contributed by atoms with van der Waals surface area (Å²) in [5.74, 6) is 2.37. The molecule has 0 aliphatic carbocycles. The Bertz CT molecular complexity index is 1030. The third kappa shape index (κ3) is 3.62. The molecule has 0 bridgehead atoms. The molecule has 0 saturated carbocycles. The van der Waals surface area contributed by atoms with Gasteiger partial charge >= 0.3 is 0 Å². The number of hydrogen-bond donors (Lipinski definition) is 0. The van der Waals surface area contributed by atoms with Crippen molar-refractivity contribution in [3.8, 4) is 11.6 Å². The van der Waals surface area contributed by atoms with Gasteiger partial charge in [0.05, 0.1) is 31.4 Å². The molecule has 2 aromatic heterocycles. The van der Waals surface area contributed by atoms with Crippen molar-refractivity contribution in [2.45, 2.75) is 19.4 Å². The van der Waals surface area contributed by atoms with E-state index < -0.39 is 0 Å². The summed E-state index contributed by atoms with van der Waals surface area (Å²) in [6, 6.07) is 7.10. The van der Waals surface area contributed by atoms with Gasteiger partial charge in [-0.3, -0.25) is 9.36 Å². The van der Waals surface area contributed by atoms with Crippen molar-refractivity contribution in [3.63, 3.8) is 0 Å². The Morgan fingerprint density at radius 1 is 1.11 bits per heavy atom. The molecule has 0 amide bonds. The minimum Gasteiger partial charge on any atom is -0.497 e. The van der Waals surface area contributed by atoms with Crippen LogP contribution < -0.4 is 19.9 Å².